The smallest absolute Gasteiger partial charge is 0.313 e. The van der Waals surface area contributed by atoms with Gasteiger partial charge in [-0.2, -0.15) is 0 Å². The summed E-state index contributed by atoms with van der Waals surface area (Å²) in [5.41, 5.74) is 1.65. The lowest BCUT2D eigenvalue weighted by Gasteiger charge is -2.42. The average molecular weight is 406 g/mol. The Morgan fingerprint density at radius 2 is 1.89 bits per heavy atom. The molecule has 2 aromatic rings. The van der Waals surface area contributed by atoms with Crippen LogP contribution in [0.3, 0.4) is 0 Å². The molecule has 1 aliphatic rings. The molecule has 27 heavy (non-hydrogen) atoms. The summed E-state index contributed by atoms with van der Waals surface area (Å²) >= 11 is 12.2. The van der Waals surface area contributed by atoms with E-state index in [2.05, 4.69) is 13.8 Å². The van der Waals surface area contributed by atoms with Crippen LogP contribution in [0, 0.1) is 5.92 Å². The number of rotatable bonds is 5. The van der Waals surface area contributed by atoms with Gasteiger partial charge in [0.1, 0.15) is 5.92 Å². The van der Waals surface area contributed by atoms with E-state index in [1.165, 1.54) is 0 Å². The van der Waals surface area contributed by atoms with E-state index in [4.69, 9.17) is 23.2 Å². The lowest BCUT2D eigenvalue weighted by molar-refractivity contribution is -0.140. The summed E-state index contributed by atoms with van der Waals surface area (Å²) < 4.78 is 0. The monoisotopic (exact) mass is 405 g/mol. The van der Waals surface area contributed by atoms with Crippen LogP contribution >= 0.6 is 23.2 Å². The standard InChI is InChI=1S/C21H21Cl2NO3/c1-3-12(2)11-24-19(13-8-9-16(22)17(23)10-13)18(21(26)27)14-6-4-5-7-15(14)20(24)25/h4-10,12,18-19H,3,11H2,1-2H3,(H,26,27)/t12-,18+,19-/m0/s1. The molecule has 1 aliphatic heterocycles. The number of nitrogens with zero attached hydrogens (tertiary/aromatic N) is 1. The largest absolute Gasteiger partial charge is 0.481 e. The second-order valence-corrected chi connectivity index (χ2v) is 7.81. The van der Waals surface area contributed by atoms with E-state index >= 15 is 0 Å². The number of carbonyl (C=O) groups excluding carboxylic acids is 1. The number of halogens is 2. The zero-order chi connectivity index (χ0) is 19.7. The van der Waals surface area contributed by atoms with Crippen LogP contribution in [0.5, 0.6) is 0 Å². The molecule has 0 aliphatic carbocycles. The van der Waals surface area contributed by atoms with Gasteiger partial charge in [0.05, 0.1) is 16.1 Å². The normalized spacial score (nSPS) is 20.3. The van der Waals surface area contributed by atoms with Crippen molar-refractivity contribution in [1.29, 1.82) is 0 Å². The molecule has 6 heteroatoms. The van der Waals surface area contributed by atoms with E-state index in [0.717, 1.165) is 6.42 Å². The first-order valence-corrected chi connectivity index (χ1v) is 9.68. The summed E-state index contributed by atoms with van der Waals surface area (Å²) in [7, 11) is 0. The number of fused-ring (bicyclic) bond motifs is 1. The van der Waals surface area contributed by atoms with Crippen molar-refractivity contribution in [3.05, 3.63) is 69.2 Å². The molecule has 0 saturated heterocycles. The summed E-state index contributed by atoms with van der Waals surface area (Å²) in [5.74, 6) is -1.77. The molecule has 142 valence electrons. The number of aliphatic carboxylic acids is 1. The van der Waals surface area contributed by atoms with Crippen molar-refractivity contribution >= 4 is 35.1 Å². The summed E-state index contributed by atoms with van der Waals surface area (Å²) in [6.45, 7) is 4.57. The molecule has 0 aromatic heterocycles. The Balaban J connectivity index is 2.20. The van der Waals surface area contributed by atoms with E-state index in [0.29, 0.717) is 33.3 Å². The third kappa shape index (κ3) is 3.69. The Morgan fingerprint density at radius 1 is 1.19 bits per heavy atom. The van der Waals surface area contributed by atoms with Crippen molar-refractivity contribution in [2.75, 3.05) is 6.54 Å². The summed E-state index contributed by atoms with van der Waals surface area (Å²) in [6, 6.07) is 11.3. The number of amides is 1. The summed E-state index contributed by atoms with van der Waals surface area (Å²) in [6.07, 6.45) is 0.886. The molecule has 1 heterocycles. The van der Waals surface area contributed by atoms with Crippen molar-refractivity contribution in [2.45, 2.75) is 32.2 Å². The number of hydrogen-bond donors (Lipinski definition) is 1. The minimum Gasteiger partial charge on any atom is -0.481 e. The first kappa shape index (κ1) is 19.7. The third-order valence-electron chi connectivity index (χ3n) is 5.20. The van der Waals surface area contributed by atoms with E-state index in [1.807, 2.05) is 0 Å². The third-order valence-corrected chi connectivity index (χ3v) is 5.93. The van der Waals surface area contributed by atoms with Crippen LogP contribution < -0.4 is 0 Å². The molecule has 0 spiro atoms. The van der Waals surface area contributed by atoms with Crippen LogP contribution in [0.25, 0.3) is 0 Å². The van der Waals surface area contributed by atoms with Gasteiger partial charge in [-0.1, -0.05) is 67.7 Å². The SMILES string of the molecule is CC[C@H](C)CN1C(=O)c2ccccc2[C@@H](C(=O)O)[C@@H]1c1ccc(Cl)c(Cl)c1. The highest BCUT2D eigenvalue weighted by atomic mass is 35.5. The predicted molar refractivity (Wildman–Crippen MR) is 107 cm³/mol. The van der Waals surface area contributed by atoms with E-state index in [1.54, 1.807) is 47.4 Å². The van der Waals surface area contributed by atoms with Gasteiger partial charge in [0.2, 0.25) is 0 Å². The number of carboxylic acids is 1. The van der Waals surface area contributed by atoms with Crippen LogP contribution in [0.2, 0.25) is 10.0 Å². The molecular formula is C21H21Cl2NO3. The molecule has 3 atom stereocenters. The molecule has 4 nitrogen and oxygen atoms in total. The highest BCUT2D eigenvalue weighted by Gasteiger charge is 2.44. The van der Waals surface area contributed by atoms with Gasteiger partial charge in [-0.3, -0.25) is 9.59 Å². The van der Waals surface area contributed by atoms with Gasteiger partial charge in [-0.15, -0.1) is 0 Å². The Bertz CT molecular complexity index is 883. The van der Waals surface area contributed by atoms with Gasteiger partial charge in [-0.05, 0) is 35.2 Å². The van der Waals surface area contributed by atoms with Gasteiger partial charge >= 0.3 is 5.97 Å². The second kappa shape index (κ2) is 7.91. The van der Waals surface area contributed by atoms with E-state index in [-0.39, 0.29) is 11.8 Å². The molecule has 3 rings (SSSR count). The van der Waals surface area contributed by atoms with Gasteiger partial charge in [0.15, 0.2) is 0 Å². The number of carbonyl (C=O) groups is 2. The van der Waals surface area contributed by atoms with Gasteiger partial charge < -0.3 is 10.0 Å². The summed E-state index contributed by atoms with van der Waals surface area (Å²) in [4.78, 5) is 27.2. The average Bonchev–Trinajstić information content (AvgIpc) is 2.65. The molecule has 0 bridgehead atoms. The zero-order valence-electron chi connectivity index (χ0n) is 15.2. The highest BCUT2D eigenvalue weighted by molar-refractivity contribution is 6.42. The number of benzene rings is 2. The Hall–Kier alpha value is -2.04. The number of carboxylic acid groups (broad SMARTS) is 1. The fourth-order valence-electron chi connectivity index (χ4n) is 3.59. The first-order valence-electron chi connectivity index (χ1n) is 8.92. The van der Waals surface area contributed by atoms with Crippen molar-refractivity contribution < 1.29 is 14.7 Å². The van der Waals surface area contributed by atoms with E-state index < -0.39 is 17.9 Å². The molecule has 2 aromatic carbocycles. The minimum atomic E-state index is -0.972. The van der Waals surface area contributed by atoms with Gasteiger partial charge in [0, 0.05) is 12.1 Å². The molecule has 0 saturated carbocycles. The molecule has 0 radical (unpaired) electrons. The molecule has 1 amide bonds. The predicted octanol–water partition coefficient (Wildman–Crippen LogP) is 5.40. The maximum atomic E-state index is 13.2. The van der Waals surface area contributed by atoms with Crippen LogP contribution in [0.4, 0.5) is 0 Å². The second-order valence-electron chi connectivity index (χ2n) is 6.99. The van der Waals surface area contributed by atoms with Crippen molar-refractivity contribution in [2.24, 2.45) is 5.92 Å². The van der Waals surface area contributed by atoms with Crippen LogP contribution in [0.1, 0.15) is 53.7 Å². The maximum absolute atomic E-state index is 13.2. The first-order chi connectivity index (χ1) is 12.8. The molecule has 0 fully saturated rings. The van der Waals surface area contributed by atoms with Gasteiger partial charge in [0.25, 0.3) is 5.91 Å². The van der Waals surface area contributed by atoms with Gasteiger partial charge in [-0.25, -0.2) is 0 Å². The minimum absolute atomic E-state index is 0.153. The summed E-state index contributed by atoms with van der Waals surface area (Å²) in [5, 5.41) is 10.8. The van der Waals surface area contributed by atoms with Crippen LogP contribution in [-0.2, 0) is 4.79 Å². The maximum Gasteiger partial charge on any atom is 0.313 e. The van der Waals surface area contributed by atoms with Crippen molar-refractivity contribution in [3.63, 3.8) is 0 Å². The molecular weight excluding hydrogens is 385 g/mol. The zero-order valence-corrected chi connectivity index (χ0v) is 16.7. The Morgan fingerprint density at radius 3 is 2.52 bits per heavy atom. The fraction of sp³-hybridized carbons (Fsp3) is 0.333. The van der Waals surface area contributed by atoms with Crippen LogP contribution in [-0.4, -0.2) is 28.4 Å². The lowest BCUT2D eigenvalue weighted by Crippen LogP contribution is -2.46. The Labute approximate surface area is 168 Å². The Kier molecular flexibility index (Phi) is 5.78. The highest BCUT2D eigenvalue weighted by Crippen LogP contribution is 2.44. The topological polar surface area (TPSA) is 57.6 Å². The fourth-order valence-corrected chi connectivity index (χ4v) is 3.90. The molecule has 0 unspecified atom stereocenters. The quantitative estimate of drug-likeness (QED) is 0.723. The van der Waals surface area contributed by atoms with Crippen molar-refractivity contribution in [3.8, 4) is 0 Å². The molecule has 1 N–H and O–H groups in total. The lowest BCUT2D eigenvalue weighted by atomic mass is 9.79. The van der Waals surface area contributed by atoms with Crippen LogP contribution in [0.15, 0.2) is 42.5 Å². The van der Waals surface area contributed by atoms with Crippen molar-refractivity contribution in [1.82, 2.24) is 4.90 Å². The van der Waals surface area contributed by atoms with E-state index in [9.17, 15) is 14.7 Å². The number of hydrogen-bond acceptors (Lipinski definition) is 2.